The van der Waals surface area contributed by atoms with E-state index in [9.17, 15) is 0 Å². The second-order valence-corrected chi connectivity index (χ2v) is 5.37. The van der Waals surface area contributed by atoms with Gasteiger partial charge in [0.1, 0.15) is 0 Å². The first-order valence-electron chi connectivity index (χ1n) is 5.76. The third-order valence-corrected chi connectivity index (χ3v) is 4.25. The molecule has 74 valence electrons. The Labute approximate surface area is 80.7 Å². The fourth-order valence-electron chi connectivity index (χ4n) is 3.56. The Balaban J connectivity index is 1.51. The summed E-state index contributed by atoms with van der Waals surface area (Å²) in [6.45, 7) is 2.54. The zero-order valence-electron chi connectivity index (χ0n) is 8.50. The van der Waals surface area contributed by atoms with Crippen LogP contribution in [0, 0.1) is 11.8 Å². The van der Waals surface area contributed by atoms with Crippen LogP contribution >= 0.6 is 0 Å². The molecule has 3 unspecified atom stereocenters. The smallest absolute Gasteiger partial charge is 0.0324 e. The lowest BCUT2D eigenvalue weighted by Crippen LogP contribution is -2.59. The van der Waals surface area contributed by atoms with E-state index in [-0.39, 0.29) is 0 Å². The van der Waals surface area contributed by atoms with Crippen molar-refractivity contribution in [3.8, 4) is 0 Å². The average molecular weight is 180 g/mol. The average Bonchev–Trinajstić information content (AvgIpc) is 2.62. The molecule has 1 N–H and O–H groups in total. The number of likely N-dealkylation sites (tertiary alicyclic amines) is 1. The van der Waals surface area contributed by atoms with Crippen molar-refractivity contribution in [3.05, 3.63) is 0 Å². The van der Waals surface area contributed by atoms with Gasteiger partial charge in [0.05, 0.1) is 0 Å². The number of rotatable bonds is 2. The van der Waals surface area contributed by atoms with Crippen LogP contribution < -0.4 is 5.32 Å². The predicted molar refractivity (Wildman–Crippen MR) is 53.7 cm³/mol. The molecule has 0 spiro atoms. The van der Waals surface area contributed by atoms with Crippen LogP contribution in [0.25, 0.3) is 0 Å². The SMILES string of the molecule is CN1CC(NC2CC3CCC2C3)C1. The molecule has 3 aliphatic rings. The van der Waals surface area contributed by atoms with E-state index in [1.54, 1.807) is 0 Å². The van der Waals surface area contributed by atoms with Gasteiger partial charge in [-0.05, 0) is 38.1 Å². The van der Waals surface area contributed by atoms with Gasteiger partial charge in [-0.15, -0.1) is 0 Å². The minimum atomic E-state index is 0.814. The third kappa shape index (κ3) is 1.40. The van der Waals surface area contributed by atoms with Crippen LogP contribution in [0.1, 0.15) is 25.7 Å². The van der Waals surface area contributed by atoms with Gasteiger partial charge in [-0.1, -0.05) is 6.42 Å². The number of nitrogens with one attached hydrogen (secondary N) is 1. The van der Waals surface area contributed by atoms with Crippen molar-refractivity contribution in [2.45, 2.75) is 37.8 Å². The summed E-state index contributed by atoms with van der Waals surface area (Å²) in [5.41, 5.74) is 0. The minimum Gasteiger partial charge on any atom is -0.308 e. The van der Waals surface area contributed by atoms with Gasteiger partial charge >= 0.3 is 0 Å². The molecule has 3 rings (SSSR count). The predicted octanol–water partition coefficient (Wildman–Crippen LogP) is 1.08. The highest BCUT2D eigenvalue weighted by Gasteiger charge is 2.41. The fraction of sp³-hybridized carbons (Fsp3) is 1.00. The normalized spacial score (nSPS) is 45.5. The second kappa shape index (κ2) is 2.96. The summed E-state index contributed by atoms with van der Waals surface area (Å²) in [6.07, 6.45) is 6.03. The maximum atomic E-state index is 3.84. The molecule has 13 heavy (non-hydrogen) atoms. The van der Waals surface area contributed by atoms with E-state index < -0.39 is 0 Å². The summed E-state index contributed by atoms with van der Waals surface area (Å²) in [6, 6.07) is 1.70. The number of hydrogen-bond donors (Lipinski definition) is 1. The van der Waals surface area contributed by atoms with Gasteiger partial charge < -0.3 is 10.2 Å². The van der Waals surface area contributed by atoms with E-state index >= 15 is 0 Å². The van der Waals surface area contributed by atoms with Crippen molar-refractivity contribution >= 4 is 0 Å². The summed E-state index contributed by atoms with van der Waals surface area (Å²) >= 11 is 0. The molecule has 0 aromatic carbocycles. The molecule has 2 heteroatoms. The molecule has 3 atom stereocenters. The van der Waals surface area contributed by atoms with E-state index in [4.69, 9.17) is 0 Å². The highest BCUT2D eigenvalue weighted by atomic mass is 15.2. The number of nitrogens with zero attached hydrogens (tertiary/aromatic N) is 1. The van der Waals surface area contributed by atoms with Gasteiger partial charge in [0.25, 0.3) is 0 Å². The first kappa shape index (κ1) is 8.25. The summed E-state index contributed by atoms with van der Waals surface area (Å²) < 4.78 is 0. The molecule has 1 saturated heterocycles. The standard InChI is InChI=1S/C11H20N2/c1-13-6-10(7-13)12-11-5-8-2-3-9(11)4-8/h8-12H,2-7H2,1H3. The lowest BCUT2D eigenvalue weighted by molar-refractivity contribution is 0.139. The van der Waals surface area contributed by atoms with Gasteiger partial charge in [-0.3, -0.25) is 0 Å². The fourth-order valence-corrected chi connectivity index (χ4v) is 3.56. The Morgan fingerprint density at radius 2 is 2.00 bits per heavy atom. The highest BCUT2D eigenvalue weighted by Crippen LogP contribution is 2.44. The van der Waals surface area contributed by atoms with Gasteiger partial charge in [0.15, 0.2) is 0 Å². The Morgan fingerprint density at radius 3 is 2.54 bits per heavy atom. The Kier molecular flexibility index (Phi) is 1.88. The summed E-state index contributed by atoms with van der Waals surface area (Å²) in [7, 11) is 2.21. The van der Waals surface area contributed by atoms with Crippen molar-refractivity contribution < 1.29 is 0 Å². The summed E-state index contributed by atoms with van der Waals surface area (Å²) in [4.78, 5) is 2.39. The van der Waals surface area contributed by atoms with Crippen LogP contribution in [0.5, 0.6) is 0 Å². The van der Waals surface area contributed by atoms with E-state index in [0.717, 1.165) is 23.9 Å². The first-order chi connectivity index (χ1) is 6.31. The zero-order chi connectivity index (χ0) is 8.84. The van der Waals surface area contributed by atoms with Crippen LogP contribution in [-0.2, 0) is 0 Å². The Hall–Kier alpha value is -0.0800. The molecule has 2 saturated carbocycles. The molecule has 2 nitrogen and oxygen atoms in total. The number of fused-ring (bicyclic) bond motifs is 2. The van der Waals surface area contributed by atoms with E-state index in [2.05, 4.69) is 17.3 Å². The van der Waals surface area contributed by atoms with Gasteiger partial charge in [-0.25, -0.2) is 0 Å². The van der Waals surface area contributed by atoms with Gasteiger partial charge in [-0.2, -0.15) is 0 Å². The van der Waals surface area contributed by atoms with Gasteiger partial charge in [0, 0.05) is 25.2 Å². The Bertz CT molecular complexity index is 198. The third-order valence-electron chi connectivity index (χ3n) is 4.25. The minimum absolute atomic E-state index is 0.814. The monoisotopic (exact) mass is 180 g/mol. The quantitative estimate of drug-likeness (QED) is 0.684. The summed E-state index contributed by atoms with van der Waals surface area (Å²) in [5, 5.41) is 3.84. The van der Waals surface area contributed by atoms with Crippen molar-refractivity contribution in [3.63, 3.8) is 0 Å². The number of hydrogen-bond acceptors (Lipinski definition) is 2. The largest absolute Gasteiger partial charge is 0.308 e. The molecule has 2 aliphatic carbocycles. The Morgan fingerprint density at radius 1 is 1.15 bits per heavy atom. The van der Waals surface area contributed by atoms with Crippen molar-refractivity contribution in [1.29, 1.82) is 0 Å². The maximum Gasteiger partial charge on any atom is 0.0324 e. The molecule has 1 heterocycles. The van der Waals surface area contributed by atoms with Crippen molar-refractivity contribution in [1.82, 2.24) is 10.2 Å². The molecule has 1 aliphatic heterocycles. The molecule has 0 aromatic heterocycles. The summed E-state index contributed by atoms with van der Waals surface area (Å²) in [5.74, 6) is 2.12. The topological polar surface area (TPSA) is 15.3 Å². The molecular weight excluding hydrogens is 160 g/mol. The van der Waals surface area contributed by atoms with E-state index in [0.29, 0.717) is 0 Å². The molecule has 0 aromatic rings. The van der Waals surface area contributed by atoms with E-state index in [1.165, 1.54) is 38.8 Å². The van der Waals surface area contributed by atoms with Gasteiger partial charge in [0.2, 0.25) is 0 Å². The molecule has 0 amide bonds. The molecule has 3 fully saturated rings. The van der Waals surface area contributed by atoms with Crippen LogP contribution in [0.4, 0.5) is 0 Å². The van der Waals surface area contributed by atoms with Crippen LogP contribution in [-0.4, -0.2) is 37.1 Å². The molecule has 0 radical (unpaired) electrons. The lowest BCUT2D eigenvalue weighted by atomic mass is 9.94. The van der Waals surface area contributed by atoms with Crippen molar-refractivity contribution in [2.75, 3.05) is 20.1 Å². The maximum absolute atomic E-state index is 3.84. The first-order valence-corrected chi connectivity index (χ1v) is 5.76. The van der Waals surface area contributed by atoms with Crippen LogP contribution in [0.3, 0.4) is 0 Å². The molecule has 2 bridgehead atoms. The number of likely N-dealkylation sites (N-methyl/N-ethyl adjacent to an activating group) is 1. The van der Waals surface area contributed by atoms with Crippen molar-refractivity contribution in [2.24, 2.45) is 11.8 Å². The van der Waals surface area contributed by atoms with E-state index in [1.807, 2.05) is 0 Å². The zero-order valence-corrected chi connectivity index (χ0v) is 8.50. The lowest BCUT2D eigenvalue weighted by Gasteiger charge is -2.40. The van der Waals surface area contributed by atoms with Crippen LogP contribution in [0.15, 0.2) is 0 Å². The molecular formula is C11H20N2. The second-order valence-electron chi connectivity index (χ2n) is 5.37. The van der Waals surface area contributed by atoms with Crippen LogP contribution in [0.2, 0.25) is 0 Å². The highest BCUT2D eigenvalue weighted by molar-refractivity contribution is 4.97.